The molecule has 0 fully saturated rings. The van der Waals surface area contributed by atoms with E-state index in [2.05, 4.69) is 107 Å². The fraction of sp³-hybridized carbons (Fsp3) is 0.562. The van der Waals surface area contributed by atoms with Gasteiger partial charge in [-0.25, -0.2) is 0 Å². The first kappa shape index (κ1) is 30.7. The van der Waals surface area contributed by atoms with E-state index < -0.39 is 13.9 Å². The maximum absolute atomic E-state index is 7.02. The standard InChI is InChI=1S/C32H48N2O2.Al.ClH/c1-29(2,3)23-15-21(27(35)25(17-23)31(7,8)9)19-33-13-14-34-20-22-16-24(30(4,5)6)18-26(28(22)36)32(10,11)12;;/h15-20,35-36H,13-14H2,1-12H3;;1H/q;+3;/p-3. The average Bonchev–Trinajstić information content (AvgIpc) is 2.75. The summed E-state index contributed by atoms with van der Waals surface area (Å²) in [5, 5.41) is 0. The summed E-state index contributed by atoms with van der Waals surface area (Å²) in [6.07, 6.45) is 3.83. The molecule has 2 aromatic carbocycles. The Balaban J connectivity index is 2.24. The molecule has 0 aromatic heterocycles. The molecule has 2 aromatic rings. The van der Waals surface area contributed by atoms with Crippen molar-refractivity contribution >= 4 is 36.4 Å². The Morgan fingerprint density at radius 1 is 0.579 bits per heavy atom. The van der Waals surface area contributed by atoms with E-state index in [9.17, 15) is 0 Å². The number of nitrogens with zero attached hydrogens (tertiary/aromatic N) is 2. The highest BCUT2D eigenvalue weighted by molar-refractivity contribution is 7.00. The van der Waals surface area contributed by atoms with Gasteiger partial charge in [0, 0.05) is 23.6 Å². The van der Waals surface area contributed by atoms with Crippen LogP contribution in [0.2, 0.25) is 0 Å². The van der Waals surface area contributed by atoms with Gasteiger partial charge in [0.15, 0.2) is 0 Å². The summed E-state index contributed by atoms with van der Waals surface area (Å²) in [6, 6.07) is 8.88. The third-order valence-corrected chi connectivity index (χ3v) is 8.20. The van der Waals surface area contributed by atoms with E-state index in [1.807, 2.05) is 12.4 Å². The second-order valence-corrected chi connectivity index (χ2v) is 16.6. The summed E-state index contributed by atoms with van der Waals surface area (Å²) >= 11 is -2.71. The van der Waals surface area contributed by atoms with Crippen molar-refractivity contribution in [3.8, 4) is 11.5 Å². The monoisotopic (exact) mass is 552 g/mol. The minimum absolute atomic E-state index is 0.0199. The molecule has 1 heterocycles. The molecule has 0 bridgehead atoms. The van der Waals surface area contributed by atoms with Crippen molar-refractivity contribution in [1.29, 1.82) is 0 Å². The van der Waals surface area contributed by atoms with Gasteiger partial charge >= 0.3 is 13.9 Å². The molecular formula is C32H46AlClN2O2. The molecule has 0 atom stereocenters. The van der Waals surface area contributed by atoms with Crippen LogP contribution < -0.4 is 7.58 Å². The van der Waals surface area contributed by atoms with Gasteiger partial charge < -0.3 is 7.58 Å². The van der Waals surface area contributed by atoms with Crippen LogP contribution in [-0.2, 0) is 21.7 Å². The molecule has 0 spiro atoms. The molecule has 38 heavy (non-hydrogen) atoms. The van der Waals surface area contributed by atoms with Gasteiger partial charge in [-0.3, -0.25) is 9.98 Å². The molecule has 0 aliphatic carbocycles. The number of hydrogen-bond acceptors (Lipinski definition) is 4. The van der Waals surface area contributed by atoms with Crippen molar-refractivity contribution in [1.82, 2.24) is 0 Å². The van der Waals surface area contributed by atoms with E-state index in [4.69, 9.17) is 27.6 Å². The van der Waals surface area contributed by atoms with E-state index in [1.165, 1.54) is 11.1 Å². The van der Waals surface area contributed by atoms with Gasteiger partial charge in [0.05, 0.1) is 24.6 Å². The zero-order chi connectivity index (χ0) is 28.7. The van der Waals surface area contributed by atoms with Gasteiger partial charge in [-0.2, -0.15) is 10.0 Å². The maximum atomic E-state index is 7.02. The minimum Gasteiger partial charge on any atom is -0.599 e. The molecule has 206 valence electrons. The SMILES string of the molecule is CC(C)(C)c1cc2c(c(C(C)(C)C)c1)[O][Al]([Cl])[O]c1c(cc(C(C)(C)C)cc1C(C)(C)C)C=NCCN=C2. The zero-order valence-electron chi connectivity index (χ0n) is 25.5. The molecule has 0 unspecified atom stereocenters. The molecule has 0 N–H and O–H groups in total. The van der Waals surface area contributed by atoms with Crippen LogP contribution >= 0.6 is 10.0 Å². The van der Waals surface area contributed by atoms with Crippen LogP contribution in [0, 0.1) is 0 Å². The molecule has 6 heteroatoms. The highest BCUT2D eigenvalue weighted by Gasteiger charge is 2.38. The van der Waals surface area contributed by atoms with E-state index in [1.54, 1.807) is 0 Å². The smallest absolute Gasteiger partial charge is 0.599 e. The fourth-order valence-corrected chi connectivity index (χ4v) is 5.87. The molecule has 0 saturated heterocycles. The first-order chi connectivity index (χ1) is 17.3. The summed E-state index contributed by atoms with van der Waals surface area (Å²) in [5.41, 5.74) is 6.22. The Kier molecular flexibility index (Phi) is 8.89. The summed E-state index contributed by atoms with van der Waals surface area (Å²) in [5.74, 6) is 1.54. The second kappa shape index (κ2) is 11.0. The molecule has 0 radical (unpaired) electrons. The molecule has 4 nitrogen and oxygen atoms in total. The molecule has 0 saturated carbocycles. The van der Waals surface area contributed by atoms with Gasteiger partial charge in [0.1, 0.15) is 0 Å². The third-order valence-electron chi connectivity index (χ3n) is 6.82. The Hall–Kier alpha value is -1.80. The van der Waals surface area contributed by atoms with E-state index in [0.717, 1.165) is 33.8 Å². The third kappa shape index (κ3) is 7.44. The van der Waals surface area contributed by atoms with E-state index in [0.29, 0.717) is 13.1 Å². The van der Waals surface area contributed by atoms with Crippen LogP contribution in [0.1, 0.15) is 116 Å². The second-order valence-electron chi connectivity index (χ2n) is 14.5. The summed E-state index contributed by atoms with van der Waals surface area (Å²) in [4.78, 5) is 9.46. The van der Waals surface area contributed by atoms with Crippen LogP contribution in [0.25, 0.3) is 0 Å². The molecule has 1 aliphatic rings. The Labute approximate surface area is 240 Å². The predicted octanol–water partition coefficient (Wildman–Crippen LogP) is 8.41. The highest BCUT2D eigenvalue weighted by Crippen LogP contribution is 2.41. The lowest BCUT2D eigenvalue weighted by Crippen LogP contribution is -2.29. The van der Waals surface area contributed by atoms with Crippen molar-refractivity contribution in [2.75, 3.05) is 13.1 Å². The van der Waals surface area contributed by atoms with Crippen LogP contribution in [-0.4, -0.2) is 39.4 Å². The van der Waals surface area contributed by atoms with Crippen LogP contribution in [0.15, 0.2) is 34.3 Å². The van der Waals surface area contributed by atoms with Crippen molar-refractivity contribution < 1.29 is 7.58 Å². The Morgan fingerprint density at radius 3 is 1.21 bits per heavy atom. The highest BCUT2D eigenvalue weighted by atomic mass is 35.6. The molecule has 3 rings (SSSR count). The van der Waals surface area contributed by atoms with Crippen LogP contribution in [0.5, 0.6) is 11.5 Å². The minimum atomic E-state index is -2.71. The molecule has 0 amide bonds. The average molecular weight is 553 g/mol. The van der Waals surface area contributed by atoms with E-state index >= 15 is 0 Å². The number of halogens is 1. The number of fused-ring (bicyclic) bond motifs is 2. The topological polar surface area (TPSA) is 43.2 Å². The van der Waals surface area contributed by atoms with Crippen LogP contribution in [0.4, 0.5) is 0 Å². The van der Waals surface area contributed by atoms with Crippen molar-refractivity contribution in [2.24, 2.45) is 9.98 Å². The Morgan fingerprint density at radius 2 is 0.921 bits per heavy atom. The van der Waals surface area contributed by atoms with Gasteiger partial charge in [0.2, 0.25) is 0 Å². The fourth-order valence-electron chi connectivity index (χ4n) is 4.39. The lowest BCUT2D eigenvalue weighted by molar-refractivity contribution is 0.423. The van der Waals surface area contributed by atoms with Gasteiger partial charge in [-0.05, 0) is 56.0 Å². The van der Waals surface area contributed by atoms with Gasteiger partial charge in [0.25, 0.3) is 0 Å². The normalized spacial score (nSPS) is 15.4. The van der Waals surface area contributed by atoms with E-state index in [-0.39, 0.29) is 21.7 Å². The number of aliphatic imine (C=N–C) groups is 2. The van der Waals surface area contributed by atoms with Gasteiger partial charge in [-0.15, -0.1) is 0 Å². The first-order valence-corrected chi connectivity index (χ1v) is 16.3. The quantitative estimate of drug-likeness (QED) is 0.308. The summed E-state index contributed by atoms with van der Waals surface area (Å²) in [7, 11) is 7.02. The summed E-state index contributed by atoms with van der Waals surface area (Å²) < 4.78 is 13.2. The zero-order valence-corrected chi connectivity index (χ0v) is 27.5. The first-order valence-electron chi connectivity index (χ1n) is 13.6. The predicted molar refractivity (Wildman–Crippen MR) is 165 cm³/mol. The van der Waals surface area contributed by atoms with Crippen molar-refractivity contribution in [3.05, 3.63) is 57.6 Å². The van der Waals surface area contributed by atoms with Crippen molar-refractivity contribution in [2.45, 2.75) is 105 Å². The number of hydrogen-bond donors (Lipinski definition) is 0. The summed E-state index contributed by atoms with van der Waals surface area (Å²) in [6.45, 7) is 27.8. The van der Waals surface area contributed by atoms with Gasteiger partial charge in [-0.1, -0.05) is 95.2 Å². The number of benzene rings is 2. The van der Waals surface area contributed by atoms with Crippen LogP contribution in [0.3, 0.4) is 0 Å². The lowest BCUT2D eigenvalue weighted by atomic mass is 9.79. The molecule has 1 aliphatic heterocycles. The molecular weight excluding hydrogens is 507 g/mol. The maximum Gasteiger partial charge on any atom is 0.999 e. The largest absolute Gasteiger partial charge is 0.999 e. The lowest BCUT2D eigenvalue weighted by Gasteiger charge is -2.31. The van der Waals surface area contributed by atoms with Crippen molar-refractivity contribution in [3.63, 3.8) is 0 Å². The Bertz CT molecular complexity index is 1130. The number of rotatable bonds is 0.